The second kappa shape index (κ2) is 6.62. The van der Waals surface area contributed by atoms with Crippen LogP contribution in [0.4, 0.5) is 5.69 Å². The summed E-state index contributed by atoms with van der Waals surface area (Å²) in [5.74, 6) is -0.855. The molecule has 5 heteroatoms. The third kappa shape index (κ3) is 3.24. The van der Waals surface area contributed by atoms with Crippen molar-refractivity contribution in [3.05, 3.63) is 65.2 Å². The number of anilines is 1. The summed E-state index contributed by atoms with van der Waals surface area (Å²) >= 11 is 0. The van der Waals surface area contributed by atoms with Gasteiger partial charge in [0.15, 0.2) is 5.60 Å². The van der Waals surface area contributed by atoms with Crippen LogP contribution >= 0.6 is 0 Å². The molecule has 23 heavy (non-hydrogen) atoms. The molecule has 0 saturated carbocycles. The molecule has 0 fully saturated rings. The number of amides is 2. The van der Waals surface area contributed by atoms with E-state index in [4.69, 9.17) is 10.5 Å². The Hall–Kier alpha value is -2.66. The summed E-state index contributed by atoms with van der Waals surface area (Å²) in [6.45, 7) is 3.44. The van der Waals surface area contributed by atoms with Gasteiger partial charge < -0.3 is 15.8 Å². The van der Waals surface area contributed by atoms with Gasteiger partial charge in [-0.1, -0.05) is 36.4 Å². The van der Waals surface area contributed by atoms with Crippen molar-refractivity contribution < 1.29 is 14.3 Å². The van der Waals surface area contributed by atoms with Crippen molar-refractivity contribution >= 4 is 17.5 Å². The summed E-state index contributed by atoms with van der Waals surface area (Å²) in [6.07, 6.45) is 0. The molecule has 0 aromatic heterocycles. The van der Waals surface area contributed by atoms with Gasteiger partial charge in [-0.25, -0.2) is 0 Å². The van der Waals surface area contributed by atoms with Crippen molar-refractivity contribution in [2.75, 3.05) is 12.4 Å². The average molecular weight is 312 g/mol. The fraction of sp³-hybridized carbons (Fsp3) is 0.222. The molecule has 0 radical (unpaired) electrons. The number of primary amides is 1. The van der Waals surface area contributed by atoms with E-state index < -0.39 is 11.5 Å². The minimum Gasteiger partial charge on any atom is -0.366 e. The highest BCUT2D eigenvalue weighted by molar-refractivity contribution is 6.01. The normalized spacial score (nSPS) is 13.2. The number of benzene rings is 2. The van der Waals surface area contributed by atoms with Crippen molar-refractivity contribution in [3.8, 4) is 0 Å². The molecule has 0 unspecified atom stereocenters. The zero-order chi connectivity index (χ0) is 17.0. The number of methoxy groups -OCH3 is 1. The van der Waals surface area contributed by atoms with Gasteiger partial charge in [0.05, 0.1) is 0 Å². The summed E-state index contributed by atoms with van der Waals surface area (Å²) in [5, 5.41) is 2.82. The zero-order valence-corrected chi connectivity index (χ0v) is 13.4. The van der Waals surface area contributed by atoms with E-state index in [1.165, 1.54) is 7.11 Å². The summed E-state index contributed by atoms with van der Waals surface area (Å²) in [5.41, 5.74) is 6.47. The summed E-state index contributed by atoms with van der Waals surface area (Å²) in [7, 11) is 1.49. The number of nitrogens with two attached hydrogens (primary N) is 1. The van der Waals surface area contributed by atoms with Crippen molar-refractivity contribution in [2.24, 2.45) is 5.73 Å². The maximum atomic E-state index is 12.7. The molecule has 2 rings (SSSR count). The van der Waals surface area contributed by atoms with Crippen molar-refractivity contribution in [2.45, 2.75) is 19.4 Å². The van der Waals surface area contributed by atoms with Crippen LogP contribution in [0, 0.1) is 6.92 Å². The number of nitrogens with one attached hydrogen (secondary N) is 1. The van der Waals surface area contributed by atoms with E-state index in [9.17, 15) is 9.59 Å². The Labute approximate surface area is 135 Å². The van der Waals surface area contributed by atoms with E-state index in [-0.39, 0.29) is 5.91 Å². The minimum absolute atomic E-state index is 0.323. The van der Waals surface area contributed by atoms with Crippen LogP contribution < -0.4 is 11.1 Å². The fourth-order valence-electron chi connectivity index (χ4n) is 2.38. The average Bonchev–Trinajstić information content (AvgIpc) is 2.56. The molecule has 0 spiro atoms. The molecule has 0 saturated heterocycles. The van der Waals surface area contributed by atoms with Gasteiger partial charge in [-0.2, -0.15) is 0 Å². The first kappa shape index (κ1) is 16.7. The predicted octanol–water partition coefficient (Wildman–Crippen LogP) is 2.59. The predicted molar refractivity (Wildman–Crippen MR) is 89.1 cm³/mol. The number of hydrogen-bond acceptors (Lipinski definition) is 3. The molecule has 0 aliphatic carbocycles. The zero-order valence-electron chi connectivity index (χ0n) is 13.4. The van der Waals surface area contributed by atoms with Crippen molar-refractivity contribution in [1.82, 2.24) is 0 Å². The van der Waals surface area contributed by atoms with Crippen LogP contribution in [0.1, 0.15) is 28.4 Å². The highest BCUT2D eigenvalue weighted by Gasteiger charge is 2.35. The first-order valence-corrected chi connectivity index (χ1v) is 7.21. The van der Waals surface area contributed by atoms with Crippen LogP contribution in [-0.4, -0.2) is 18.9 Å². The van der Waals surface area contributed by atoms with Crippen LogP contribution in [-0.2, 0) is 15.1 Å². The van der Waals surface area contributed by atoms with Gasteiger partial charge in [0.1, 0.15) is 0 Å². The van der Waals surface area contributed by atoms with E-state index in [1.807, 2.05) is 30.3 Å². The lowest BCUT2D eigenvalue weighted by Gasteiger charge is -2.27. The van der Waals surface area contributed by atoms with E-state index in [2.05, 4.69) is 5.32 Å². The maximum Gasteiger partial charge on any atom is 0.260 e. The number of hydrogen-bond donors (Lipinski definition) is 2. The minimum atomic E-state index is -1.14. The molecule has 5 nitrogen and oxygen atoms in total. The maximum absolute atomic E-state index is 12.7. The van der Waals surface area contributed by atoms with Gasteiger partial charge in [0.25, 0.3) is 5.91 Å². The Morgan fingerprint density at radius 3 is 2.30 bits per heavy atom. The molecule has 1 atom stereocenters. The molecular formula is C18H20N2O3. The number of ether oxygens (including phenoxy) is 1. The number of carbonyl (C=O) groups is 2. The monoisotopic (exact) mass is 312 g/mol. The smallest absolute Gasteiger partial charge is 0.260 e. The molecular weight excluding hydrogens is 292 g/mol. The lowest BCUT2D eigenvalue weighted by Crippen LogP contribution is -2.39. The second-order valence-corrected chi connectivity index (χ2v) is 5.40. The molecule has 0 bridgehead atoms. The Bertz CT molecular complexity index is 728. The largest absolute Gasteiger partial charge is 0.366 e. The Morgan fingerprint density at radius 2 is 1.74 bits per heavy atom. The SMILES string of the molecule is CO[C@](C)(C(=O)Nc1cccc(C(N)=O)c1C)c1ccccc1. The van der Waals surface area contributed by atoms with Crippen LogP contribution in [0.2, 0.25) is 0 Å². The summed E-state index contributed by atoms with van der Waals surface area (Å²) < 4.78 is 5.47. The first-order valence-electron chi connectivity index (χ1n) is 7.21. The molecule has 3 N–H and O–H groups in total. The lowest BCUT2D eigenvalue weighted by molar-refractivity contribution is -0.136. The van der Waals surface area contributed by atoms with Crippen molar-refractivity contribution in [1.29, 1.82) is 0 Å². The quantitative estimate of drug-likeness (QED) is 0.890. The van der Waals surface area contributed by atoms with E-state index in [0.29, 0.717) is 16.8 Å². The Morgan fingerprint density at radius 1 is 1.09 bits per heavy atom. The van der Waals surface area contributed by atoms with Crippen LogP contribution in [0.3, 0.4) is 0 Å². The second-order valence-electron chi connectivity index (χ2n) is 5.40. The molecule has 0 aliphatic heterocycles. The first-order chi connectivity index (χ1) is 10.9. The van der Waals surface area contributed by atoms with E-state index >= 15 is 0 Å². The summed E-state index contributed by atoms with van der Waals surface area (Å²) in [4.78, 5) is 24.2. The topological polar surface area (TPSA) is 81.4 Å². The lowest BCUT2D eigenvalue weighted by atomic mass is 9.94. The van der Waals surface area contributed by atoms with Crippen LogP contribution in [0.25, 0.3) is 0 Å². The highest BCUT2D eigenvalue weighted by Crippen LogP contribution is 2.27. The van der Waals surface area contributed by atoms with Crippen LogP contribution in [0.5, 0.6) is 0 Å². The fourth-order valence-corrected chi connectivity index (χ4v) is 2.38. The Kier molecular flexibility index (Phi) is 4.81. The van der Waals surface area contributed by atoms with Gasteiger partial charge in [0, 0.05) is 18.4 Å². The third-order valence-electron chi connectivity index (χ3n) is 4.01. The molecule has 2 aromatic rings. The van der Waals surface area contributed by atoms with Gasteiger partial charge in [-0.3, -0.25) is 9.59 Å². The molecule has 0 aliphatic rings. The Balaban J connectivity index is 2.35. The molecule has 120 valence electrons. The van der Waals surface area contributed by atoms with Gasteiger partial charge >= 0.3 is 0 Å². The van der Waals surface area contributed by atoms with Crippen LogP contribution in [0.15, 0.2) is 48.5 Å². The third-order valence-corrected chi connectivity index (χ3v) is 4.01. The van der Waals surface area contributed by atoms with Gasteiger partial charge in [0.2, 0.25) is 5.91 Å². The van der Waals surface area contributed by atoms with E-state index in [1.54, 1.807) is 32.0 Å². The van der Waals surface area contributed by atoms with Gasteiger partial charge in [-0.15, -0.1) is 0 Å². The van der Waals surface area contributed by atoms with Crippen molar-refractivity contribution in [3.63, 3.8) is 0 Å². The molecule has 0 heterocycles. The van der Waals surface area contributed by atoms with Gasteiger partial charge in [-0.05, 0) is 37.1 Å². The number of carbonyl (C=O) groups excluding carboxylic acids is 2. The molecule has 2 aromatic carbocycles. The standard InChI is InChI=1S/C18H20N2O3/c1-12-14(16(19)21)10-7-11-15(12)20-17(22)18(2,23-3)13-8-5-4-6-9-13/h4-11H,1-3H3,(H2,19,21)(H,20,22)/t18-/m0/s1. The number of rotatable bonds is 5. The highest BCUT2D eigenvalue weighted by atomic mass is 16.5. The summed E-state index contributed by atoms with van der Waals surface area (Å²) in [6, 6.07) is 14.2. The molecule has 2 amide bonds. The van der Waals surface area contributed by atoms with E-state index in [0.717, 1.165) is 5.56 Å².